The molecule has 1 heterocycles. The molecule has 0 amide bonds. The summed E-state index contributed by atoms with van der Waals surface area (Å²) >= 11 is 2.87. The molecule has 0 aliphatic heterocycles. The van der Waals surface area contributed by atoms with Gasteiger partial charge in [0.1, 0.15) is 0 Å². The third-order valence-corrected chi connectivity index (χ3v) is 3.10. The SMILES string of the molecule is CC(C)(C)c1ccc(O[C](=[Cr])c2ccco2)cc1.[C-]#[O+].[C-]#[O+].[C-]#[O+]. The molecular weight excluding hydrogens is 348 g/mol. The number of benzene rings is 1. The van der Waals surface area contributed by atoms with Gasteiger partial charge in [-0.05, 0) is 0 Å². The molecule has 0 atom stereocenters. The van der Waals surface area contributed by atoms with Crippen molar-refractivity contribution in [3.05, 3.63) is 73.9 Å². The average Bonchev–Trinajstić information content (AvgIpc) is 3.15. The summed E-state index contributed by atoms with van der Waals surface area (Å²) in [7, 11) is 0. The summed E-state index contributed by atoms with van der Waals surface area (Å²) in [5.41, 5.74) is 1.44. The van der Waals surface area contributed by atoms with Crippen molar-refractivity contribution in [1.29, 1.82) is 0 Å². The van der Waals surface area contributed by atoms with E-state index in [2.05, 4.69) is 68.7 Å². The van der Waals surface area contributed by atoms with E-state index in [1.807, 2.05) is 24.3 Å². The van der Waals surface area contributed by atoms with Crippen LogP contribution < -0.4 is 4.74 Å². The van der Waals surface area contributed by atoms with Crippen LogP contribution in [-0.4, -0.2) is 4.57 Å². The third kappa shape index (κ3) is 8.53. The average molecular weight is 364 g/mol. The van der Waals surface area contributed by atoms with Gasteiger partial charge in [0.15, 0.2) is 0 Å². The van der Waals surface area contributed by atoms with Crippen molar-refractivity contribution in [2.45, 2.75) is 26.2 Å². The van der Waals surface area contributed by atoms with Gasteiger partial charge in [-0.15, -0.1) is 0 Å². The summed E-state index contributed by atoms with van der Waals surface area (Å²) < 4.78 is 34.1. The van der Waals surface area contributed by atoms with E-state index in [0.29, 0.717) is 10.3 Å². The molecule has 0 aliphatic rings. The molecule has 2 rings (SSSR count). The fraction of sp³-hybridized carbons (Fsp3) is 0.222. The Hall–Kier alpha value is -2.08. The number of ether oxygens (including phenoxy) is 1. The first-order valence-corrected chi connectivity index (χ1v) is 7.08. The van der Waals surface area contributed by atoms with E-state index in [1.54, 1.807) is 6.26 Å². The van der Waals surface area contributed by atoms with E-state index in [0.717, 1.165) is 5.75 Å². The Morgan fingerprint density at radius 1 is 0.958 bits per heavy atom. The van der Waals surface area contributed by atoms with Gasteiger partial charge in [0, 0.05) is 0 Å². The molecule has 0 aliphatic carbocycles. The monoisotopic (exact) mass is 364 g/mol. The second-order valence-electron chi connectivity index (χ2n) is 5.14. The molecule has 0 fully saturated rings. The molecule has 6 heteroatoms. The van der Waals surface area contributed by atoms with Crippen LogP contribution >= 0.6 is 0 Å². The van der Waals surface area contributed by atoms with E-state index in [1.165, 1.54) is 5.56 Å². The molecule has 0 radical (unpaired) electrons. The topological polar surface area (TPSA) is 82.1 Å². The van der Waals surface area contributed by atoms with E-state index < -0.39 is 0 Å². The molecule has 0 saturated heterocycles. The number of hydrogen-bond donors (Lipinski definition) is 0. The normalized spacial score (nSPS) is 8.71. The van der Waals surface area contributed by atoms with Crippen LogP contribution in [0, 0.1) is 20.0 Å². The molecular formula is C18H16CrO5. The summed E-state index contributed by atoms with van der Waals surface area (Å²) in [6.07, 6.45) is 1.62. The van der Waals surface area contributed by atoms with Crippen LogP contribution in [0.2, 0.25) is 0 Å². The quantitative estimate of drug-likeness (QED) is 0.616. The van der Waals surface area contributed by atoms with Gasteiger partial charge in [-0.3, -0.25) is 0 Å². The standard InChI is InChI=1S/C15H16O2.3CO.Cr/c1-15(2,3)12-6-8-13(9-7-12)17-11-14-5-4-10-16-14;3*1-2;/h4-10H,1-3H3;;;;. The molecule has 0 bridgehead atoms. The molecule has 0 spiro atoms. The van der Waals surface area contributed by atoms with Gasteiger partial charge in [0.05, 0.1) is 0 Å². The van der Waals surface area contributed by atoms with Crippen molar-refractivity contribution in [2.75, 3.05) is 0 Å². The second-order valence-corrected chi connectivity index (χ2v) is 5.72. The predicted molar refractivity (Wildman–Crippen MR) is 80.4 cm³/mol. The van der Waals surface area contributed by atoms with E-state index >= 15 is 0 Å². The van der Waals surface area contributed by atoms with Crippen LogP contribution in [0.4, 0.5) is 0 Å². The van der Waals surface area contributed by atoms with Crippen LogP contribution in [0.15, 0.2) is 47.1 Å². The molecule has 2 aromatic rings. The van der Waals surface area contributed by atoms with Crippen LogP contribution in [0.25, 0.3) is 0 Å². The summed E-state index contributed by atoms with van der Waals surface area (Å²) in [4.78, 5) is 0. The Morgan fingerprint density at radius 3 is 1.83 bits per heavy atom. The Morgan fingerprint density at radius 2 is 1.46 bits per heavy atom. The predicted octanol–water partition coefficient (Wildman–Crippen LogP) is 3.57. The first kappa shape index (κ1) is 24.2. The summed E-state index contributed by atoms with van der Waals surface area (Å²) in [6.45, 7) is 20.1. The van der Waals surface area contributed by atoms with Gasteiger partial charge < -0.3 is 0 Å². The molecule has 0 N–H and O–H groups in total. The molecule has 124 valence electrons. The zero-order valence-electron chi connectivity index (χ0n) is 13.5. The van der Waals surface area contributed by atoms with Gasteiger partial charge in [-0.2, -0.15) is 0 Å². The first-order valence-electron chi connectivity index (χ1n) is 6.44. The number of rotatable bonds is 3. The molecule has 1 aromatic heterocycles. The maximum atomic E-state index is 7.50. The van der Waals surface area contributed by atoms with Gasteiger partial charge >= 0.3 is 149 Å². The second kappa shape index (κ2) is 13.4. The molecule has 1 aromatic carbocycles. The molecule has 5 nitrogen and oxygen atoms in total. The Labute approximate surface area is 149 Å². The van der Waals surface area contributed by atoms with E-state index in [4.69, 9.17) is 23.1 Å². The van der Waals surface area contributed by atoms with Crippen molar-refractivity contribution >= 4 is 4.57 Å². The van der Waals surface area contributed by atoms with Crippen molar-refractivity contribution in [3.8, 4) is 5.75 Å². The number of hydrogen-bond acceptors (Lipinski definition) is 2. The summed E-state index contributed by atoms with van der Waals surface area (Å²) in [6, 6.07) is 11.8. The maximum absolute atomic E-state index is 7.50. The summed E-state index contributed by atoms with van der Waals surface area (Å²) in [5.74, 6) is 1.50. The minimum atomic E-state index is 0.157. The van der Waals surface area contributed by atoms with Gasteiger partial charge in [0.25, 0.3) is 0 Å². The van der Waals surface area contributed by atoms with Crippen molar-refractivity contribution in [2.24, 2.45) is 0 Å². The van der Waals surface area contributed by atoms with Gasteiger partial charge in [-0.1, -0.05) is 0 Å². The Kier molecular flexibility index (Phi) is 13.5. The molecule has 0 saturated carbocycles. The number of furan rings is 1. The zero-order chi connectivity index (χ0) is 19.2. The fourth-order valence-electron chi connectivity index (χ4n) is 1.58. The van der Waals surface area contributed by atoms with Crippen LogP contribution in [0.1, 0.15) is 32.1 Å². The fourth-order valence-corrected chi connectivity index (χ4v) is 1.91. The third-order valence-electron chi connectivity index (χ3n) is 2.65. The van der Waals surface area contributed by atoms with Gasteiger partial charge in [0.2, 0.25) is 0 Å². The zero-order valence-corrected chi connectivity index (χ0v) is 14.8. The van der Waals surface area contributed by atoms with Crippen LogP contribution in [-0.2, 0) is 35.2 Å². The Bertz CT molecular complexity index is 629. The van der Waals surface area contributed by atoms with Crippen LogP contribution in [0.5, 0.6) is 5.75 Å². The van der Waals surface area contributed by atoms with Crippen molar-refractivity contribution in [3.63, 3.8) is 0 Å². The van der Waals surface area contributed by atoms with E-state index in [9.17, 15) is 0 Å². The molecule has 0 unspecified atom stereocenters. The minimum absolute atomic E-state index is 0.157. The van der Waals surface area contributed by atoms with Crippen molar-refractivity contribution in [1.82, 2.24) is 0 Å². The van der Waals surface area contributed by atoms with E-state index in [-0.39, 0.29) is 5.41 Å². The molecule has 24 heavy (non-hydrogen) atoms. The van der Waals surface area contributed by atoms with Gasteiger partial charge in [-0.25, -0.2) is 0 Å². The first-order chi connectivity index (χ1) is 11.5. The van der Waals surface area contributed by atoms with Crippen LogP contribution in [0.3, 0.4) is 0 Å². The summed E-state index contributed by atoms with van der Waals surface area (Å²) in [5, 5.41) is 0. The Balaban J connectivity index is 0. The van der Waals surface area contributed by atoms with Crippen molar-refractivity contribution < 1.29 is 39.0 Å².